The molecule has 0 radical (unpaired) electrons. The second kappa shape index (κ2) is 15.1. The molecule has 0 fully saturated rings. The SMILES string of the molecule is CC1C=C(n2c3ccccc3c3cc(-c4ccc5c(c4)c4ccccc4n5-c4nccc(-c5cccc(-c6ccc(-c7ccccc7)cc6)c5)n4)ccc32)C=CC1c1ccccc1. The lowest BCUT2D eigenvalue weighted by atomic mass is 9.83. The van der Waals surface area contributed by atoms with Gasteiger partial charge >= 0.3 is 0 Å². The molecule has 4 nitrogen and oxygen atoms in total. The van der Waals surface area contributed by atoms with Crippen LogP contribution < -0.4 is 0 Å². The molecule has 8 aromatic carbocycles. The van der Waals surface area contributed by atoms with Crippen molar-refractivity contribution in [1.82, 2.24) is 19.1 Å². The summed E-state index contributed by atoms with van der Waals surface area (Å²) in [6.45, 7) is 2.33. The molecule has 11 aromatic rings. The van der Waals surface area contributed by atoms with Crippen LogP contribution in [0.25, 0.3) is 99.9 Å². The van der Waals surface area contributed by atoms with Crippen molar-refractivity contribution < 1.29 is 0 Å². The van der Waals surface area contributed by atoms with E-state index in [-0.39, 0.29) is 0 Å². The van der Waals surface area contributed by atoms with Gasteiger partial charge in [-0.15, -0.1) is 0 Å². The Labute approximate surface area is 366 Å². The summed E-state index contributed by atoms with van der Waals surface area (Å²) >= 11 is 0. The van der Waals surface area contributed by atoms with Crippen molar-refractivity contribution in [3.8, 4) is 50.6 Å². The number of nitrogens with zero attached hydrogens (tertiary/aromatic N) is 4. The van der Waals surface area contributed by atoms with E-state index < -0.39 is 0 Å². The molecule has 0 spiro atoms. The Morgan fingerprint density at radius 2 is 0.921 bits per heavy atom. The van der Waals surface area contributed by atoms with Crippen LogP contribution in [0.2, 0.25) is 0 Å². The Bertz CT molecular complexity index is 3570. The lowest BCUT2D eigenvalue weighted by Crippen LogP contribution is -2.11. The minimum atomic E-state index is 0.359. The van der Waals surface area contributed by atoms with E-state index in [9.17, 15) is 0 Å². The normalized spacial score (nSPS) is 15.1. The fourth-order valence-electron chi connectivity index (χ4n) is 9.80. The average molecular weight is 807 g/mol. The van der Waals surface area contributed by atoms with Gasteiger partial charge in [-0.3, -0.25) is 4.57 Å². The molecule has 1 aliphatic carbocycles. The summed E-state index contributed by atoms with van der Waals surface area (Å²) in [7, 11) is 0. The fourth-order valence-corrected chi connectivity index (χ4v) is 9.80. The first-order chi connectivity index (χ1) is 31.1. The Morgan fingerprint density at radius 3 is 1.60 bits per heavy atom. The number of para-hydroxylation sites is 2. The summed E-state index contributed by atoms with van der Waals surface area (Å²) in [5.41, 5.74) is 16.2. The van der Waals surface area contributed by atoms with E-state index in [1.807, 2.05) is 12.3 Å². The van der Waals surface area contributed by atoms with Crippen molar-refractivity contribution in [3.05, 3.63) is 230 Å². The highest BCUT2D eigenvalue weighted by Gasteiger charge is 2.22. The van der Waals surface area contributed by atoms with Crippen molar-refractivity contribution in [2.24, 2.45) is 5.92 Å². The Balaban J connectivity index is 0.902. The third kappa shape index (κ3) is 6.38. The van der Waals surface area contributed by atoms with E-state index in [4.69, 9.17) is 9.97 Å². The highest BCUT2D eigenvalue weighted by atomic mass is 15.2. The van der Waals surface area contributed by atoms with Gasteiger partial charge in [0.25, 0.3) is 0 Å². The number of hydrogen-bond acceptors (Lipinski definition) is 2. The van der Waals surface area contributed by atoms with Gasteiger partial charge in [-0.05, 0) is 99.5 Å². The van der Waals surface area contributed by atoms with Crippen molar-refractivity contribution in [1.29, 1.82) is 0 Å². The van der Waals surface area contributed by atoms with E-state index in [0.29, 0.717) is 17.8 Å². The molecule has 12 rings (SSSR count). The van der Waals surface area contributed by atoms with Gasteiger partial charge in [0.2, 0.25) is 5.95 Å². The molecule has 2 unspecified atom stereocenters. The van der Waals surface area contributed by atoms with E-state index in [0.717, 1.165) is 27.9 Å². The van der Waals surface area contributed by atoms with E-state index >= 15 is 0 Å². The summed E-state index contributed by atoms with van der Waals surface area (Å²) in [5.74, 6) is 1.37. The molecule has 0 aliphatic heterocycles. The predicted octanol–water partition coefficient (Wildman–Crippen LogP) is 15.2. The number of benzene rings is 8. The van der Waals surface area contributed by atoms with Crippen LogP contribution in [0.15, 0.2) is 225 Å². The van der Waals surface area contributed by atoms with Crippen molar-refractivity contribution in [3.63, 3.8) is 0 Å². The average Bonchev–Trinajstić information content (AvgIpc) is 3.87. The molecule has 0 amide bonds. The second-order valence-corrected chi connectivity index (χ2v) is 16.7. The van der Waals surface area contributed by atoms with Gasteiger partial charge in [0, 0.05) is 44.9 Å². The van der Waals surface area contributed by atoms with Crippen LogP contribution in [0, 0.1) is 5.92 Å². The van der Waals surface area contributed by atoms with Gasteiger partial charge in [-0.1, -0.05) is 171 Å². The largest absolute Gasteiger partial charge is 0.310 e. The molecular formula is C59H42N4. The van der Waals surface area contributed by atoms with E-state index in [1.165, 1.54) is 71.7 Å². The molecule has 0 N–H and O–H groups in total. The fraction of sp³-hybridized carbons (Fsp3) is 0.0508. The third-order valence-corrected chi connectivity index (χ3v) is 12.9. The minimum absolute atomic E-state index is 0.359. The van der Waals surface area contributed by atoms with Gasteiger partial charge in [0.15, 0.2) is 0 Å². The molecule has 298 valence electrons. The highest BCUT2D eigenvalue weighted by molar-refractivity contribution is 6.13. The summed E-state index contributed by atoms with van der Waals surface area (Å²) in [6, 6.07) is 71.9. The van der Waals surface area contributed by atoms with Crippen LogP contribution in [-0.2, 0) is 0 Å². The number of allylic oxidation sites excluding steroid dienone is 4. The first-order valence-corrected chi connectivity index (χ1v) is 21.8. The molecule has 0 saturated heterocycles. The van der Waals surface area contributed by atoms with Gasteiger partial charge in [0.1, 0.15) is 0 Å². The van der Waals surface area contributed by atoms with Crippen LogP contribution in [0.3, 0.4) is 0 Å². The first-order valence-electron chi connectivity index (χ1n) is 21.8. The number of aromatic nitrogens is 4. The molecule has 4 heteroatoms. The summed E-state index contributed by atoms with van der Waals surface area (Å²) in [5, 5.41) is 4.83. The van der Waals surface area contributed by atoms with Gasteiger partial charge in [0.05, 0.1) is 27.8 Å². The Morgan fingerprint density at radius 1 is 0.413 bits per heavy atom. The Hall–Kier alpha value is -8.08. The smallest absolute Gasteiger partial charge is 0.235 e. The number of fused-ring (bicyclic) bond motifs is 6. The number of hydrogen-bond donors (Lipinski definition) is 0. The standard InChI is InChI=1S/C59H42N4/c1-39-35-48(29-30-49(39)43-15-6-3-7-16-43)62-55-21-10-8-19-50(55)52-37-45(27-31-57(52)62)46-28-32-58-53(38-46)51-20-9-11-22-56(51)63(58)59-60-34-33-54(61-59)47-18-12-17-44(36-47)42-25-23-41(24-26-42)40-13-4-2-5-14-40/h2-39,49H,1H3. The third-order valence-electron chi connectivity index (χ3n) is 12.9. The maximum Gasteiger partial charge on any atom is 0.235 e. The molecule has 0 saturated carbocycles. The van der Waals surface area contributed by atoms with Gasteiger partial charge in [-0.25, -0.2) is 9.97 Å². The quantitative estimate of drug-likeness (QED) is 0.161. The molecule has 1 aliphatic rings. The number of rotatable bonds is 7. The maximum atomic E-state index is 5.22. The molecule has 3 heterocycles. The van der Waals surface area contributed by atoms with Crippen LogP contribution in [0.4, 0.5) is 0 Å². The minimum Gasteiger partial charge on any atom is -0.310 e. The van der Waals surface area contributed by atoms with Crippen LogP contribution in [0.5, 0.6) is 0 Å². The van der Waals surface area contributed by atoms with Crippen molar-refractivity contribution in [2.75, 3.05) is 0 Å². The van der Waals surface area contributed by atoms with Crippen LogP contribution in [0.1, 0.15) is 18.4 Å². The van der Waals surface area contributed by atoms with Crippen molar-refractivity contribution >= 4 is 49.3 Å². The zero-order valence-electron chi connectivity index (χ0n) is 34.8. The van der Waals surface area contributed by atoms with E-state index in [1.54, 1.807) is 0 Å². The zero-order valence-corrected chi connectivity index (χ0v) is 34.8. The maximum absolute atomic E-state index is 5.22. The monoisotopic (exact) mass is 806 g/mol. The first kappa shape index (κ1) is 36.7. The van der Waals surface area contributed by atoms with Gasteiger partial charge < -0.3 is 4.57 Å². The lowest BCUT2D eigenvalue weighted by molar-refractivity contribution is 0.635. The summed E-state index contributed by atoms with van der Waals surface area (Å²) in [6.07, 6.45) is 9.00. The predicted molar refractivity (Wildman–Crippen MR) is 263 cm³/mol. The van der Waals surface area contributed by atoms with Crippen LogP contribution in [-0.4, -0.2) is 19.1 Å². The second-order valence-electron chi connectivity index (χ2n) is 16.7. The Kier molecular flexibility index (Phi) is 8.82. The van der Waals surface area contributed by atoms with Crippen molar-refractivity contribution in [2.45, 2.75) is 12.8 Å². The molecule has 3 aromatic heterocycles. The molecule has 0 bridgehead atoms. The van der Waals surface area contributed by atoms with Gasteiger partial charge in [-0.2, -0.15) is 0 Å². The summed E-state index contributed by atoms with van der Waals surface area (Å²) in [4.78, 5) is 10.1. The zero-order chi connectivity index (χ0) is 41.9. The molecular weight excluding hydrogens is 765 g/mol. The topological polar surface area (TPSA) is 35.6 Å². The lowest BCUT2D eigenvalue weighted by Gasteiger charge is -2.24. The highest BCUT2D eigenvalue weighted by Crippen LogP contribution is 2.41. The van der Waals surface area contributed by atoms with E-state index in [2.05, 4.69) is 228 Å². The van der Waals surface area contributed by atoms with Crippen LogP contribution >= 0.6 is 0 Å². The summed E-state index contributed by atoms with van der Waals surface area (Å²) < 4.78 is 4.64. The molecule has 2 atom stereocenters. The molecule has 63 heavy (non-hydrogen) atoms.